The van der Waals surface area contributed by atoms with Gasteiger partial charge in [0.05, 0.1) is 16.3 Å². The number of hydrogen-bond donors (Lipinski definition) is 0. The van der Waals surface area contributed by atoms with E-state index >= 15 is 0 Å². The second kappa shape index (κ2) is 4.97. The fraction of sp³-hybridized carbons (Fsp3) is 0.200. The molecule has 0 aliphatic rings. The number of thiazole rings is 1. The molecule has 0 spiro atoms. The maximum atomic E-state index is 12.3. The molecule has 19 heavy (non-hydrogen) atoms. The summed E-state index contributed by atoms with van der Waals surface area (Å²) in [4.78, 5) is 16.4. The van der Waals surface area contributed by atoms with E-state index in [1.165, 1.54) is 11.3 Å². The number of nitrogens with zero attached hydrogens (tertiary/aromatic N) is 2. The maximum Gasteiger partial charge on any atom is 0.308 e. The Morgan fingerprint density at radius 2 is 1.95 bits per heavy atom. The zero-order chi connectivity index (χ0) is 13.2. The summed E-state index contributed by atoms with van der Waals surface area (Å²) in [6.07, 6.45) is 4.43. The van der Waals surface area contributed by atoms with Crippen LogP contribution in [0.3, 0.4) is 0 Å². The Balaban J connectivity index is 2.22. The number of benzene rings is 1. The van der Waals surface area contributed by atoms with Gasteiger partial charge in [0.1, 0.15) is 0 Å². The van der Waals surface area contributed by atoms with E-state index in [0.29, 0.717) is 0 Å². The minimum absolute atomic E-state index is 0.0756. The van der Waals surface area contributed by atoms with E-state index < -0.39 is 0 Å². The van der Waals surface area contributed by atoms with Crippen molar-refractivity contribution >= 4 is 21.6 Å². The first-order valence-electron chi connectivity index (χ1n) is 6.31. The van der Waals surface area contributed by atoms with Crippen molar-refractivity contribution in [2.45, 2.75) is 19.4 Å². The standard InChI is InChI=1S/C15H14N2OS/c1-2-12(11-7-9-16-10-8-11)17-13-5-3-4-6-14(13)19-15(17)18/h3-10,12H,2H2,1H3. The molecular weight excluding hydrogens is 256 g/mol. The van der Waals surface area contributed by atoms with Crippen LogP contribution in [0.1, 0.15) is 24.9 Å². The van der Waals surface area contributed by atoms with E-state index in [1.54, 1.807) is 12.4 Å². The molecule has 0 amide bonds. The van der Waals surface area contributed by atoms with Crippen LogP contribution in [0, 0.1) is 0 Å². The predicted octanol–water partition coefficient (Wildman–Crippen LogP) is 3.46. The Bertz CT molecular complexity index is 745. The number of rotatable bonds is 3. The molecular formula is C15H14N2OS. The third kappa shape index (κ3) is 2.08. The number of fused-ring (bicyclic) bond motifs is 1. The van der Waals surface area contributed by atoms with Gasteiger partial charge in [-0.3, -0.25) is 14.3 Å². The average Bonchev–Trinajstić information content (AvgIpc) is 2.78. The normalized spacial score (nSPS) is 12.7. The second-order valence-corrected chi connectivity index (χ2v) is 5.40. The van der Waals surface area contributed by atoms with Gasteiger partial charge < -0.3 is 0 Å². The van der Waals surface area contributed by atoms with E-state index in [1.807, 2.05) is 41.0 Å². The zero-order valence-electron chi connectivity index (χ0n) is 10.6. The lowest BCUT2D eigenvalue weighted by molar-refractivity contribution is 0.575. The van der Waals surface area contributed by atoms with Crippen molar-refractivity contribution in [2.75, 3.05) is 0 Å². The highest BCUT2D eigenvalue weighted by Gasteiger charge is 2.17. The van der Waals surface area contributed by atoms with Gasteiger partial charge in [0.15, 0.2) is 0 Å². The summed E-state index contributed by atoms with van der Waals surface area (Å²) in [6, 6.07) is 12.0. The van der Waals surface area contributed by atoms with Crippen LogP contribution in [0.4, 0.5) is 0 Å². The number of pyridine rings is 1. The molecule has 0 saturated carbocycles. The van der Waals surface area contributed by atoms with Crippen LogP contribution in [0.5, 0.6) is 0 Å². The molecule has 3 rings (SSSR count). The van der Waals surface area contributed by atoms with Gasteiger partial charge in [-0.05, 0) is 36.2 Å². The highest BCUT2D eigenvalue weighted by molar-refractivity contribution is 7.16. The summed E-state index contributed by atoms with van der Waals surface area (Å²) in [6.45, 7) is 2.10. The third-order valence-corrected chi connectivity index (χ3v) is 4.24. The molecule has 0 saturated heterocycles. The molecule has 0 fully saturated rings. The van der Waals surface area contributed by atoms with Crippen molar-refractivity contribution in [3.05, 3.63) is 64.0 Å². The summed E-state index contributed by atoms with van der Waals surface area (Å²) < 4.78 is 2.94. The van der Waals surface area contributed by atoms with Crippen LogP contribution in [0.25, 0.3) is 10.2 Å². The van der Waals surface area contributed by atoms with Crippen molar-refractivity contribution in [1.29, 1.82) is 0 Å². The summed E-state index contributed by atoms with van der Waals surface area (Å²) in [7, 11) is 0. The maximum absolute atomic E-state index is 12.3. The first-order chi connectivity index (χ1) is 9.31. The fourth-order valence-electron chi connectivity index (χ4n) is 2.43. The van der Waals surface area contributed by atoms with E-state index in [0.717, 1.165) is 22.2 Å². The molecule has 0 bridgehead atoms. The highest BCUT2D eigenvalue weighted by Crippen LogP contribution is 2.26. The zero-order valence-corrected chi connectivity index (χ0v) is 11.4. The van der Waals surface area contributed by atoms with E-state index in [-0.39, 0.29) is 10.9 Å². The van der Waals surface area contributed by atoms with Crippen LogP contribution >= 0.6 is 11.3 Å². The third-order valence-electron chi connectivity index (χ3n) is 3.31. The summed E-state index contributed by atoms with van der Waals surface area (Å²) in [5, 5.41) is 0. The molecule has 3 nitrogen and oxygen atoms in total. The van der Waals surface area contributed by atoms with Crippen LogP contribution in [0.15, 0.2) is 53.6 Å². The van der Waals surface area contributed by atoms with Gasteiger partial charge in [0, 0.05) is 12.4 Å². The summed E-state index contributed by atoms with van der Waals surface area (Å²) >= 11 is 1.31. The Morgan fingerprint density at radius 1 is 1.21 bits per heavy atom. The molecule has 0 aliphatic heterocycles. The second-order valence-electron chi connectivity index (χ2n) is 4.41. The monoisotopic (exact) mass is 270 g/mol. The van der Waals surface area contributed by atoms with Gasteiger partial charge in [-0.25, -0.2) is 0 Å². The number of aromatic nitrogens is 2. The van der Waals surface area contributed by atoms with Crippen molar-refractivity contribution in [2.24, 2.45) is 0 Å². The topological polar surface area (TPSA) is 34.9 Å². The molecule has 0 aliphatic carbocycles. The first kappa shape index (κ1) is 12.1. The van der Waals surface area contributed by atoms with Gasteiger partial charge in [-0.2, -0.15) is 0 Å². The van der Waals surface area contributed by atoms with Crippen molar-refractivity contribution in [1.82, 2.24) is 9.55 Å². The van der Waals surface area contributed by atoms with Gasteiger partial charge in [0.25, 0.3) is 0 Å². The van der Waals surface area contributed by atoms with E-state index in [9.17, 15) is 4.79 Å². The Labute approximate surface area is 115 Å². The molecule has 96 valence electrons. The Morgan fingerprint density at radius 3 is 2.68 bits per heavy atom. The molecule has 1 aromatic carbocycles. The minimum Gasteiger partial charge on any atom is -0.291 e. The van der Waals surface area contributed by atoms with E-state index in [2.05, 4.69) is 11.9 Å². The van der Waals surface area contributed by atoms with E-state index in [4.69, 9.17) is 0 Å². The van der Waals surface area contributed by atoms with Gasteiger partial charge >= 0.3 is 4.87 Å². The van der Waals surface area contributed by atoms with Crippen molar-refractivity contribution in [3.8, 4) is 0 Å². The number of para-hydroxylation sites is 1. The first-order valence-corrected chi connectivity index (χ1v) is 7.13. The fourth-order valence-corrected chi connectivity index (χ4v) is 3.36. The lowest BCUT2D eigenvalue weighted by Gasteiger charge is -2.17. The predicted molar refractivity (Wildman–Crippen MR) is 78.8 cm³/mol. The smallest absolute Gasteiger partial charge is 0.291 e. The summed E-state index contributed by atoms with van der Waals surface area (Å²) in [5.41, 5.74) is 2.14. The Kier molecular flexibility index (Phi) is 3.17. The molecule has 1 unspecified atom stereocenters. The van der Waals surface area contributed by atoms with Crippen molar-refractivity contribution in [3.63, 3.8) is 0 Å². The molecule has 4 heteroatoms. The minimum atomic E-state index is 0.0756. The van der Waals surface area contributed by atoms with Gasteiger partial charge in [-0.1, -0.05) is 30.4 Å². The molecule has 0 radical (unpaired) electrons. The average molecular weight is 270 g/mol. The van der Waals surface area contributed by atoms with Gasteiger partial charge in [-0.15, -0.1) is 0 Å². The Hall–Kier alpha value is -1.94. The van der Waals surface area contributed by atoms with Crippen LogP contribution < -0.4 is 4.87 Å². The van der Waals surface area contributed by atoms with Crippen LogP contribution in [-0.2, 0) is 0 Å². The lowest BCUT2D eigenvalue weighted by atomic mass is 10.1. The quantitative estimate of drug-likeness (QED) is 0.730. The van der Waals surface area contributed by atoms with Crippen molar-refractivity contribution < 1.29 is 0 Å². The molecule has 2 aromatic heterocycles. The molecule has 3 aromatic rings. The van der Waals surface area contributed by atoms with Crippen LogP contribution in [-0.4, -0.2) is 9.55 Å². The van der Waals surface area contributed by atoms with Gasteiger partial charge in [0.2, 0.25) is 0 Å². The number of hydrogen-bond acceptors (Lipinski definition) is 3. The molecule has 2 heterocycles. The molecule has 1 atom stereocenters. The lowest BCUT2D eigenvalue weighted by Crippen LogP contribution is -2.20. The molecule has 0 N–H and O–H groups in total. The largest absolute Gasteiger partial charge is 0.308 e. The SMILES string of the molecule is CCC(c1ccncc1)n1c(=O)sc2ccccc21. The highest BCUT2D eigenvalue weighted by atomic mass is 32.1. The summed E-state index contributed by atoms with van der Waals surface area (Å²) in [5.74, 6) is 0. The van der Waals surface area contributed by atoms with Crippen LogP contribution in [0.2, 0.25) is 0 Å².